The van der Waals surface area contributed by atoms with Crippen molar-refractivity contribution in [3.63, 3.8) is 0 Å². The second kappa shape index (κ2) is 8.85. The van der Waals surface area contributed by atoms with E-state index in [0.717, 1.165) is 23.7 Å². The normalized spacial score (nSPS) is 29.4. The summed E-state index contributed by atoms with van der Waals surface area (Å²) < 4.78 is 0. The smallest absolute Gasteiger partial charge is 0.0162 e. The van der Waals surface area contributed by atoms with Crippen molar-refractivity contribution in [2.24, 2.45) is 17.8 Å². The SMILES string of the molecule is CC1CCC(c2ccc(-c3ccc(C(C)C4CCC(C)CC4)cc3)cc2)CC1. The van der Waals surface area contributed by atoms with Gasteiger partial charge in [-0.2, -0.15) is 0 Å². The number of rotatable bonds is 4. The highest BCUT2D eigenvalue weighted by Gasteiger charge is 2.24. The predicted molar refractivity (Wildman–Crippen MR) is 122 cm³/mol. The van der Waals surface area contributed by atoms with Crippen LogP contribution in [0.2, 0.25) is 0 Å². The summed E-state index contributed by atoms with van der Waals surface area (Å²) >= 11 is 0. The van der Waals surface area contributed by atoms with Crippen molar-refractivity contribution in [2.75, 3.05) is 0 Å². The van der Waals surface area contributed by atoms with Gasteiger partial charge in [-0.1, -0.05) is 95.0 Å². The lowest BCUT2D eigenvalue weighted by atomic mass is 9.74. The van der Waals surface area contributed by atoms with E-state index in [0.29, 0.717) is 5.92 Å². The monoisotopic (exact) mass is 374 g/mol. The molecule has 0 saturated heterocycles. The van der Waals surface area contributed by atoms with E-state index in [1.807, 2.05) is 0 Å². The fourth-order valence-electron chi connectivity index (χ4n) is 5.58. The largest absolute Gasteiger partial charge is 0.0625 e. The molecule has 0 heterocycles. The van der Waals surface area contributed by atoms with Crippen LogP contribution in [0.5, 0.6) is 0 Å². The van der Waals surface area contributed by atoms with Crippen LogP contribution in [0.1, 0.15) is 95.1 Å². The summed E-state index contributed by atoms with van der Waals surface area (Å²) in [6.07, 6.45) is 11.2. The van der Waals surface area contributed by atoms with Gasteiger partial charge < -0.3 is 0 Å². The Morgan fingerprint density at radius 2 is 1.07 bits per heavy atom. The maximum absolute atomic E-state index is 2.44. The van der Waals surface area contributed by atoms with Gasteiger partial charge in [-0.15, -0.1) is 0 Å². The Morgan fingerprint density at radius 1 is 0.607 bits per heavy atom. The minimum atomic E-state index is 0.692. The molecule has 2 aliphatic carbocycles. The van der Waals surface area contributed by atoms with Gasteiger partial charge in [-0.3, -0.25) is 0 Å². The average Bonchev–Trinajstić information content (AvgIpc) is 2.75. The lowest BCUT2D eigenvalue weighted by Gasteiger charge is -2.31. The van der Waals surface area contributed by atoms with Crippen molar-refractivity contribution in [2.45, 2.75) is 84.0 Å². The van der Waals surface area contributed by atoms with E-state index in [-0.39, 0.29) is 0 Å². The Balaban J connectivity index is 1.41. The summed E-state index contributed by atoms with van der Waals surface area (Å²) in [5.41, 5.74) is 5.79. The van der Waals surface area contributed by atoms with Gasteiger partial charge in [0.15, 0.2) is 0 Å². The zero-order valence-corrected chi connectivity index (χ0v) is 18.2. The molecule has 0 radical (unpaired) electrons. The highest BCUT2D eigenvalue weighted by molar-refractivity contribution is 5.64. The van der Waals surface area contributed by atoms with Crippen LogP contribution in [0.4, 0.5) is 0 Å². The zero-order chi connectivity index (χ0) is 19.5. The van der Waals surface area contributed by atoms with E-state index >= 15 is 0 Å². The van der Waals surface area contributed by atoms with Crippen molar-refractivity contribution in [3.05, 3.63) is 59.7 Å². The molecule has 0 heteroatoms. The van der Waals surface area contributed by atoms with Gasteiger partial charge in [0.05, 0.1) is 0 Å². The van der Waals surface area contributed by atoms with Crippen molar-refractivity contribution in [3.8, 4) is 11.1 Å². The van der Waals surface area contributed by atoms with Gasteiger partial charge in [-0.05, 0) is 77.5 Å². The molecular weight excluding hydrogens is 336 g/mol. The Bertz CT molecular complexity index is 723. The number of benzene rings is 2. The molecule has 0 aromatic heterocycles. The van der Waals surface area contributed by atoms with Crippen molar-refractivity contribution >= 4 is 0 Å². The number of hydrogen-bond donors (Lipinski definition) is 0. The van der Waals surface area contributed by atoms with Crippen LogP contribution in [0, 0.1) is 17.8 Å². The third-order valence-corrected chi connectivity index (χ3v) is 7.94. The molecule has 2 aromatic carbocycles. The Hall–Kier alpha value is -1.56. The first-order valence-corrected chi connectivity index (χ1v) is 11.8. The van der Waals surface area contributed by atoms with E-state index in [2.05, 4.69) is 69.3 Å². The first-order valence-electron chi connectivity index (χ1n) is 11.8. The van der Waals surface area contributed by atoms with Crippen LogP contribution in [0.25, 0.3) is 11.1 Å². The molecule has 2 aliphatic rings. The van der Waals surface area contributed by atoms with Gasteiger partial charge >= 0.3 is 0 Å². The molecule has 150 valence electrons. The molecule has 2 fully saturated rings. The summed E-state index contributed by atoms with van der Waals surface area (Å²) in [6.45, 7) is 7.25. The van der Waals surface area contributed by atoms with Crippen LogP contribution in [0.3, 0.4) is 0 Å². The minimum Gasteiger partial charge on any atom is -0.0625 e. The van der Waals surface area contributed by atoms with Crippen molar-refractivity contribution in [1.29, 1.82) is 0 Å². The van der Waals surface area contributed by atoms with Crippen molar-refractivity contribution < 1.29 is 0 Å². The molecule has 0 amide bonds. The summed E-state index contributed by atoms with van der Waals surface area (Å²) in [5.74, 6) is 4.21. The molecule has 2 saturated carbocycles. The highest BCUT2D eigenvalue weighted by Crippen LogP contribution is 2.39. The predicted octanol–water partition coefficient (Wildman–Crippen LogP) is 8.58. The minimum absolute atomic E-state index is 0.692. The lowest BCUT2D eigenvalue weighted by molar-refractivity contribution is 0.261. The summed E-state index contributed by atoms with van der Waals surface area (Å²) in [4.78, 5) is 0. The molecule has 1 unspecified atom stereocenters. The van der Waals surface area contributed by atoms with Gasteiger partial charge in [0.1, 0.15) is 0 Å². The first-order chi connectivity index (χ1) is 13.6. The fourth-order valence-corrected chi connectivity index (χ4v) is 5.58. The number of hydrogen-bond acceptors (Lipinski definition) is 0. The molecular formula is C28H38. The van der Waals surface area contributed by atoms with E-state index in [9.17, 15) is 0 Å². The molecule has 0 nitrogen and oxygen atoms in total. The van der Waals surface area contributed by atoms with E-state index < -0.39 is 0 Å². The second-order valence-electron chi connectivity index (χ2n) is 10.0. The fraction of sp³-hybridized carbons (Fsp3) is 0.571. The van der Waals surface area contributed by atoms with Crippen LogP contribution in [-0.4, -0.2) is 0 Å². The third-order valence-electron chi connectivity index (χ3n) is 7.94. The van der Waals surface area contributed by atoms with Gasteiger partial charge in [0.25, 0.3) is 0 Å². The van der Waals surface area contributed by atoms with Crippen LogP contribution >= 0.6 is 0 Å². The summed E-state index contributed by atoms with van der Waals surface area (Å²) in [6, 6.07) is 18.9. The zero-order valence-electron chi connectivity index (χ0n) is 18.2. The lowest BCUT2D eigenvalue weighted by Crippen LogP contribution is -2.17. The Kier molecular flexibility index (Phi) is 6.24. The maximum Gasteiger partial charge on any atom is -0.0162 e. The highest BCUT2D eigenvalue weighted by atomic mass is 14.3. The molecule has 0 spiro atoms. The summed E-state index contributed by atoms with van der Waals surface area (Å²) in [7, 11) is 0. The maximum atomic E-state index is 2.44. The van der Waals surface area contributed by atoms with E-state index in [1.54, 1.807) is 5.56 Å². The molecule has 2 aromatic rings. The van der Waals surface area contributed by atoms with E-state index in [1.165, 1.54) is 68.1 Å². The van der Waals surface area contributed by atoms with Crippen molar-refractivity contribution in [1.82, 2.24) is 0 Å². The molecule has 0 bridgehead atoms. The van der Waals surface area contributed by atoms with Gasteiger partial charge in [0.2, 0.25) is 0 Å². The van der Waals surface area contributed by atoms with Crippen LogP contribution in [-0.2, 0) is 0 Å². The molecule has 0 aliphatic heterocycles. The average molecular weight is 375 g/mol. The molecule has 1 atom stereocenters. The van der Waals surface area contributed by atoms with Gasteiger partial charge in [0, 0.05) is 0 Å². The standard InChI is InChI=1S/C28H38/c1-20-4-8-23(9-5-20)22(3)24-12-14-26(15-13-24)28-18-16-27(17-19-28)25-10-6-21(2)7-11-25/h12-23,25H,4-11H2,1-3H3. The molecule has 0 N–H and O–H groups in total. The Morgan fingerprint density at radius 3 is 1.61 bits per heavy atom. The van der Waals surface area contributed by atoms with E-state index in [4.69, 9.17) is 0 Å². The topological polar surface area (TPSA) is 0 Å². The van der Waals surface area contributed by atoms with Crippen LogP contribution in [0.15, 0.2) is 48.5 Å². The second-order valence-corrected chi connectivity index (χ2v) is 10.0. The quantitative estimate of drug-likeness (QED) is 0.502. The Labute approximate surface area is 172 Å². The van der Waals surface area contributed by atoms with Gasteiger partial charge in [-0.25, -0.2) is 0 Å². The third kappa shape index (κ3) is 4.53. The molecule has 4 rings (SSSR count). The summed E-state index contributed by atoms with van der Waals surface area (Å²) in [5, 5.41) is 0. The molecule has 28 heavy (non-hydrogen) atoms. The first kappa shape index (κ1) is 19.7. The van der Waals surface area contributed by atoms with Crippen LogP contribution < -0.4 is 0 Å².